The molecule has 0 saturated carbocycles. The van der Waals surface area contributed by atoms with E-state index in [1.165, 1.54) is 37.9 Å². The summed E-state index contributed by atoms with van der Waals surface area (Å²) in [6.45, 7) is 0. The molecule has 6 nitrogen and oxygen atoms in total. The van der Waals surface area contributed by atoms with Crippen molar-refractivity contribution in [3.8, 4) is 11.6 Å². The Morgan fingerprint density at radius 2 is 2.16 bits per heavy atom. The summed E-state index contributed by atoms with van der Waals surface area (Å²) in [5, 5.41) is 13.3. The van der Waals surface area contributed by atoms with Gasteiger partial charge < -0.3 is 9.84 Å². The number of nitrogens with zero attached hydrogens (tertiary/aromatic N) is 3. The molecule has 0 fully saturated rings. The van der Waals surface area contributed by atoms with Gasteiger partial charge in [-0.1, -0.05) is 6.07 Å². The molecule has 1 aromatic carbocycles. The minimum absolute atomic E-state index is 0.246. The van der Waals surface area contributed by atoms with Gasteiger partial charge in [0.15, 0.2) is 11.6 Å². The van der Waals surface area contributed by atoms with Crippen molar-refractivity contribution in [1.82, 2.24) is 9.97 Å². The molecule has 0 unspecified atom stereocenters. The Bertz CT molecular complexity index is 604. The first kappa shape index (κ1) is 12.7. The van der Waals surface area contributed by atoms with Gasteiger partial charge >= 0.3 is 0 Å². The molecule has 0 bridgehead atoms. The van der Waals surface area contributed by atoms with Gasteiger partial charge in [0.25, 0.3) is 5.88 Å². The number of hydrogen-bond donors (Lipinski definition) is 2. The summed E-state index contributed by atoms with van der Waals surface area (Å²) < 4.78 is 18.0. The number of phenols is 1. The number of aromatic hydroxyl groups is 1. The van der Waals surface area contributed by atoms with Crippen LogP contribution in [0.1, 0.15) is 5.56 Å². The first-order chi connectivity index (χ1) is 9.22. The molecule has 0 atom stereocenters. The number of anilines is 1. The number of hydrogen-bond acceptors (Lipinski definition) is 6. The molecule has 0 aliphatic rings. The molecule has 2 rings (SSSR count). The van der Waals surface area contributed by atoms with Crippen LogP contribution >= 0.6 is 0 Å². The van der Waals surface area contributed by atoms with E-state index in [-0.39, 0.29) is 11.4 Å². The highest BCUT2D eigenvalue weighted by atomic mass is 19.1. The Morgan fingerprint density at radius 1 is 1.37 bits per heavy atom. The lowest BCUT2D eigenvalue weighted by Gasteiger charge is -2.04. The van der Waals surface area contributed by atoms with Gasteiger partial charge in [0.1, 0.15) is 0 Å². The van der Waals surface area contributed by atoms with Crippen LogP contribution in [0, 0.1) is 5.82 Å². The highest BCUT2D eigenvalue weighted by Gasteiger charge is 2.05. The molecule has 0 radical (unpaired) electrons. The number of halogens is 1. The van der Waals surface area contributed by atoms with Crippen LogP contribution in [-0.4, -0.2) is 28.4 Å². The van der Waals surface area contributed by atoms with Gasteiger partial charge in [0.2, 0.25) is 5.82 Å². The van der Waals surface area contributed by atoms with Crippen molar-refractivity contribution in [1.29, 1.82) is 0 Å². The second-order valence-electron chi connectivity index (χ2n) is 3.46. The molecule has 0 spiro atoms. The molecule has 2 N–H and O–H groups in total. The molecule has 19 heavy (non-hydrogen) atoms. The van der Waals surface area contributed by atoms with Crippen LogP contribution in [0.2, 0.25) is 0 Å². The van der Waals surface area contributed by atoms with Gasteiger partial charge in [-0.3, -0.25) is 5.43 Å². The van der Waals surface area contributed by atoms with Crippen molar-refractivity contribution in [2.24, 2.45) is 5.10 Å². The standard InChI is InChI=1S/C12H11FN4O2/c1-19-12-11(14-5-6-15-12)17-16-7-8-3-2-4-9(13)10(8)18/h2-7,18H,1H3,(H,14,17). The van der Waals surface area contributed by atoms with Crippen LogP contribution in [-0.2, 0) is 0 Å². The number of para-hydroxylation sites is 1. The quantitative estimate of drug-likeness (QED) is 0.648. The summed E-state index contributed by atoms with van der Waals surface area (Å²) in [5.41, 5.74) is 2.84. The van der Waals surface area contributed by atoms with Gasteiger partial charge in [-0.15, -0.1) is 0 Å². The minimum Gasteiger partial charge on any atom is -0.504 e. The average Bonchev–Trinajstić information content (AvgIpc) is 2.44. The topological polar surface area (TPSA) is 79.6 Å². The Kier molecular flexibility index (Phi) is 3.87. The van der Waals surface area contributed by atoms with Crippen LogP contribution in [0.5, 0.6) is 11.6 Å². The van der Waals surface area contributed by atoms with Crippen molar-refractivity contribution in [2.45, 2.75) is 0 Å². The average molecular weight is 262 g/mol. The van der Waals surface area contributed by atoms with E-state index in [1.54, 1.807) is 0 Å². The van der Waals surface area contributed by atoms with E-state index in [9.17, 15) is 9.50 Å². The zero-order chi connectivity index (χ0) is 13.7. The summed E-state index contributed by atoms with van der Waals surface area (Å²) in [6, 6.07) is 4.16. The number of rotatable bonds is 4. The molecule has 1 aromatic heterocycles. The lowest BCUT2D eigenvalue weighted by atomic mass is 10.2. The molecule has 0 saturated heterocycles. The van der Waals surface area contributed by atoms with Gasteiger partial charge in [-0.25, -0.2) is 14.4 Å². The Labute approximate surface area is 108 Å². The van der Waals surface area contributed by atoms with Crippen LogP contribution in [0.15, 0.2) is 35.7 Å². The smallest absolute Gasteiger partial charge is 0.258 e. The zero-order valence-electron chi connectivity index (χ0n) is 10.0. The van der Waals surface area contributed by atoms with Gasteiger partial charge in [-0.2, -0.15) is 5.10 Å². The molecule has 98 valence electrons. The second-order valence-corrected chi connectivity index (χ2v) is 3.46. The molecular formula is C12H11FN4O2. The Balaban J connectivity index is 2.14. The van der Waals surface area contributed by atoms with E-state index in [4.69, 9.17) is 4.74 Å². The number of methoxy groups -OCH3 is 1. The fourth-order valence-electron chi connectivity index (χ4n) is 1.35. The number of nitrogens with one attached hydrogen (secondary N) is 1. The predicted molar refractivity (Wildman–Crippen MR) is 67.9 cm³/mol. The number of phenolic OH excluding ortho intramolecular Hbond substituents is 1. The molecule has 0 aliphatic carbocycles. The number of hydrazone groups is 1. The zero-order valence-corrected chi connectivity index (χ0v) is 10.0. The van der Waals surface area contributed by atoms with Crippen LogP contribution in [0.25, 0.3) is 0 Å². The normalized spacial score (nSPS) is 10.6. The summed E-state index contributed by atoms with van der Waals surface area (Å²) in [7, 11) is 1.46. The van der Waals surface area contributed by atoms with Crippen molar-refractivity contribution < 1.29 is 14.2 Å². The summed E-state index contributed by atoms with van der Waals surface area (Å²) in [4.78, 5) is 7.90. The number of aromatic nitrogens is 2. The van der Waals surface area contributed by atoms with Crippen molar-refractivity contribution in [3.63, 3.8) is 0 Å². The van der Waals surface area contributed by atoms with E-state index in [1.807, 2.05) is 0 Å². The molecule has 2 aromatic rings. The Hall–Kier alpha value is -2.70. The van der Waals surface area contributed by atoms with Crippen molar-refractivity contribution >= 4 is 12.0 Å². The molecule has 0 amide bonds. The van der Waals surface area contributed by atoms with E-state index in [0.29, 0.717) is 5.82 Å². The second kappa shape index (κ2) is 5.76. The third kappa shape index (κ3) is 2.95. The maximum atomic E-state index is 13.1. The van der Waals surface area contributed by atoms with E-state index >= 15 is 0 Å². The van der Waals surface area contributed by atoms with Crippen molar-refractivity contribution in [3.05, 3.63) is 42.0 Å². The van der Waals surface area contributed by atoms with E-state index in [2.05, 4.69) is 20.5 Å². The molecular weight excluding hydrogens is 251 g/mol. The molecule has 0 aliphatic heterocycles. The third-order valence-corrected chi connectivity index (χ3v) is 2.25. The first-order valence-electron chi connectivity index (χ1n) is 5.34. The summed E-state index contributed by atoms with van der Waals surface area (Å²) in [6.07, 6.45) is 4.22. The highest BCUT2D eigenvalue weighted by Crippen LogP contribution is 2.19. The van der Waals surface area contributed by atoms with Crippen LogP contribution in [0.3, 0.4) is 0 Å². The Morgan fingerprint density at radius 3 is 2.95 bits per heavy atom. The fourth-order valence-corrected chi connectivity index (χ4v) is 1.35. The maximum absolute atomic E-state index is 13.1. The number of ether oxygens (including phenoxy) is 1. The van der Waals surface area contributed by atoms with Crippen LogP contribution < -0.4 is 10.2 Å². The lowest BCUT2D eigenvalue weighted by molar-refractivity contribution is 0.398. The molecule has 7 heteroatoms. The van der Waals surface area contributed by atoms with Gasteiger partial charge in [0, 0.05) is 18.0 Å². The van der Waals surface area contributed by atoms with Gasteiger partial charge in [0.05, 0.1) is 13.3 Å². The third-order valence-electron chi connectivity index (χ3n) is 2.25. The van der Waals surface area contributed by atoms with Crippen molar-refractivity contribution in [2.75, 3.05) is 12.5 Å². The summed E-state index contributed by atoms with van der Waals surface area (Å²) >= 11 is 0. The van der Waals surface area contributed by atoms with Gasteiger partial charge in [-0.05, 0) is 12.1 Å². The first-order valence-corrected chi connectivity index (χ1v) is 5.34. The number of benzene rings is 1. The monoisotopic (exact) mass is 262 g/mol. The SMILES string of the molecule is COc1nccnc1NN=Cc1cccc(F)c1O. The molecule has 1 heterocycles. The van der Waals surface area contributed by atoms with E-state index in [0.717, 1.165) is 6.07 Å². The fraction of sp³-hybridized carbons (Fsp3) is 0.0833. The van der Waals surface area contributed by atoms with E-state index < -0.39 is 11.6 Å². The van der Waals surface area contributed by atoms with Crippen LogP contribution in [0.4, 0.5) is 10.2 Å². The maximum Gasteiger partial charge on any atom is 0.258 e. The minimum atomic E-state index is -0.707. The largest absolute Gasteiger partial charge is 0.504 e. The predicted octanol–water partition coefficient (Wildman–Crippen LogP) is 1.78. The highest BCUT2D eigenvalue weighted by molar-refractivity contribution is 5.83. The lowest BCUT2D eigenvalue weighted by Crippen LogP contribution is -1.99. The summed E-state index contributed by atoms with van der Waals surface area (Å²) in [5.74, 6) is -0.569.